The molecule has 68 valence electrons. The Kier molecular flexibility index (Phi) is 4.34. The molecule has 0 unspecified atom stereocenters. The topological polar surface area (TPSA) is 26.3 Å². The standard InChI is InChI=1S/C10H16O2/c1-5-6-7-8-9(11)12-10(2,3)4/h5,7-8H,1,6H2,2-4H3. The molecule has 0 aliphatic carbocycles. The summed E-state index contributed by atoms with van der Waals surface area (Å²) in [6, 6.07) is 0. The van der Waals surface area contributed by atoms with E-state index in [0.29, 0.717) is 6.42 Å². The van der Waals surface area contributed by atoms with Gasteiger partial charge >= 0.3 is 5.97 Å². The van der Waals surface area contributed by atoms with Crippen LogP contribution in [0.4, 0.5) is 0 Å². The Morgan fingerprint density at radius 1 is 1.50 bits per heavy atom. The average Bonchev–Trinajstić information content (AvgIpc) is 1.84. The molecule has 0 rings (SSSR count). The van der Waals surface area contributed by atoms with Crippen molar-refractivity contribution in [2.24, 2.45) is 0 Å². The second-order valence-electron chi connectivity index (χ2n) is 3.46. The molecule has 0 aliphatic heterocycles. The van der Waals surface area contributed by atoms with Gasteiger partial charge in [-0.3, -0.25) is 0 Å². The number of carbonyl (C=O) groups excluding carboxylic acids is 1. The van der Waals surface area contributed by atoms with Crippen molar-refractivity contribution in [2.75, 3.05) is 0 Å². The number of hydrogen-bond donors (Lipinski definition) is 0. The van der Waals surface area contributed by atoms with Crippen LogP contribution in [0.2, 0.25) is 0 Å². The predicted molar refractivity (Wildman–Crippen MR) is 49.8 cm³/mol. The highest BCUT2D eigenvalue weighted by Crippen LogP contribution is 2.07. The Labute approximate surface area is 73.9 Å². The highest BCUT2D eigenvalue weighted by molar-refractivity contribution is 5.82. The van der Waals surface area contributed by atoms with E-state index >= 15 is 0 Å². The second-order valence-corrected chi connectivity index (χ2v) is 3.46. The van der Waals surface area contributed by atoms with Crippen LogP contribution in [0.3, 0.4) is 0 Å². The fraction of sp³-hybridized carbons (Fsp3) is 0.500. The zero-order valence-corrected chi connectivity index (χ0v) is 7.96. The van der Waals surface area contributed by atoms with Gasteiger partial charge in [-0.05, 0) is 27.2 Å². The number of allylic oxidation sites excluding steroid dienone is 2. The van der Waals surface area contributed by atoms with Crippen molar-refractivity contribution < 1.29 is 9.53 Å². The van der Waals surface area contributed by atoms with Crippen molar-refractivity contribution in [3.63, 3.8) is 0 Å². The first kappa shape index (κ1) is 11.0. The number of ether oxygens (including phenoxy) is 1. The summed E-state index contributed by atoms with van der Waals surface area (Å²) >= 11 is 0. The molecule has 0 atom stereocenters. The lowest BCUT2D eigenvalue weighted by Gasteiger charge is -2.17. The summed E-state index contributed by atoms with van der Waals surface area (Å²) in [5, 5.41) is 0. The maximum absolute atomic E-state index is 11.0. The molecule has 12 heavy (non-hydrogen) atoms. The van der Waals surface area contributed by atoms with E-state index in [1.807, 2.05) is 20.8 Å². The lowest BCUT2D eigenvalue weighted by molar-refractivity contribution is -0.148. The van der Waals surface area contributed by atoms with Gasteiger partial charge in [-0.2, -0.15) is 0 Å². The molecule has 0 spiro atoms. The average molecular weight is 168 g/mol. The van der Waals surface area contributed by atoms with E-state index in [1.165, 1.54) is 6.08 Å². The van der Waals surface area contributed by atoms with E-state index in [2.05, 4.69) is 6.58 Å². The molecule has 0 saturated heterocycles. The molecule has 0 fully saturated rings. The van der Waals surface area contributed by atoms with Crippen LogP contribution in [0.1, 0.15) is 27.2 Å². The quantitative estimate of drug-likeness (QED) is 0.367. The molecule has 0 N–H and O–H groups in total. The van der Waals surface area contributed by atoms with Gasteiger partial charge in [-0.15, -0.1) is 6.58 Å². The molecular formula is C10H16O2. The van der Waals surface area contributed by atoms with Gasteiger partial charge in [0, 0.05) is 6.08 Å². The monoisotopic (exact) mass is 168 g/mol. The van der Waals surface area contributed by atoms with Crippen molar-refractivity contribution in [3.8, 4) is 0 Å². The summed E-state index contributed by atoms with van der Waals surface area (Å²) in [5.74, 6) is -0.302. The molecule has 0 aromatic rings. The zero-order valence-electron chi connectivity index (χ0n) is 7.96. The Morgan fingerprint density at radius 3 is 2.50 bits per heavy atom. The van der Waals surface area contributed by atoms with Crippen LogP contribution in [-0.4, -0.2) is 11.6 Å². The molecule has 0 heterocycles. The third-order valence-electron chi connectivity index (χ3n) is 0.963. The molecular weight excluding hydrogens is 152 g/mol. The summed E-state index contributed by atoms with van der Waals surface area (Å²) in [5.41, 5.74) is -0.407. The van der Waals surface area contributed by atoms with Crippen molar-refractivity contribution in [2.45, 2.75) is 32.8 Å². The minimum atomic E-state index is -0.407. The van der Waals surface area contributed by atoms with Crippen LogP contribution in [0, 0.1) is 0 Å². The molecule has 2 nitrogen and oxygen atoms in total. The van der Waals surface area contributed by atoms with E-state index in [1.54, 1.807) is 12.2 Å². The van der Waals surface area contributed by atoms with E-state index in [-0.39, 0.29) is 5.97 Å². The van der Waals surface area contributed by atoms with Gasteiger partial charge in [-0.25, -0.2) is 4.79 Å². The minimum absolute atomic E-state index is 0.302. The van der Waals surface area contributed by atoms with E-state index < -0.39 is 5.60 Å². The maximum Gasteiger partial charge on any atom is 0.330 e. The maximum atomic E-state index is 11.0. The molecule has 0 radical (unpaired) electrons. The number of esters is 1. The van der Waals surface area contributed by atoms with Crippen LogP contribution in [0.15, 0.2) is 24.8 Å². The SMILES string of the molecule is C=CCC=CC(=O)OC(C)(C)C. The van der Waals surface area contributed by atoms with Crippen molar-refractivity contribution in [3.05, 3.63) is 24.8 Å². The number of carbonyl (C=O) groups is 1. The largest absolute Gasteiger partial charge is 0.457 e. The van der Waals surface area contributed by atoms with Crippen LogP contribution in [0.25, 0.3) is 0 Å². The summed E-state index contributed by atoms with van der Waals surface area (Å²) in [6.07, 6.45) is 5.56. The van der Waals surface area contributed by atoms with Crippen LogP contribution >= 0.6 is 0 Å². The first-order valence-electron chi connectivity index (χ1n) is 3.96. The normalized spacial score (nSPS) is 11.6. The van der Waals surface area contributed by atoms with Gasteiger partial charge in [0.2, 0.25) is 0 Å². The second kappa shape index (κ2) is 4.75. The van der Waals surface area contributed by atoms with E-state index in [9.17, 15) is 4.79 Å². The number of hydrogen-bond acceptors (Lipinski definition) is 2. The van der Waals surface area contributed by atoms with Crippen LogP contribution < -0.4 is 0 Å². The van der Waals surface area contributed by atoms with E-state index in [4.69, 9.17) is 4.74 Å². The van der Waals surface area contributed by atoms with Gasteiger partial charge in [-0.1, -0.05) is 12.2 Å². The summed E-state index contributed by atoms with van der Waals surface area (Å²) in [4.78, 5) is 11.0. The first-order valence-corrected chi connectivity index (χ1v) is 3.96. The lowest BCUT2D eigenvalue weighted by atomic mass is 10.2. The van der Waals surface area contributed by atoms with Crippen LogP contribution in [-0.2, 0) is 9.53 Å². The van der Waals surface area contributed by atoms with Crippen LogP contribution in [0.5, 0.6) is 0 Å². The number of rotatable bonds is 3. The van der Waals surface area contributed by atoms with Crippen molar-refractivity contribution in [1.82, 2.24) is 0 Å². The van der Waals surface area contributed by atoms with E-state index in [0.717, 1.165) is 0 Å². The predicted octanol–water partition coefficient (Wildman–Crippen LogP) is 2.46. The smallest absolute Gasteiger partial charge is 0.330 e. The van der Waals surface area contributed by atoms with Gasteiger partial charge < -0.3 is 4.74 Å². The molecule has 0 aromatic carbocycles. The summed E-state index contributed by atoms with van der Waals surface area (Å²) < 4.78 is 5.02. The first-order chi connectivity index (χ1) is 5.45. The van der Waals surface area contributed by atoms with Gasteiger partial charge in [0.25, 0.3) is 0 Å². The van der Waals surface area contributed by atoms with Crippen molar-refractivity contribution in [1.29, 1.82) is 0 Å². The molecule has 0 amide bonds. The fourth-order valence-corrected chi connectivity index (χ4v) is 0.596. The third kappa shape index (κ3) is 7.06. The minimum Gasteiger partial charge on any atom is -0.457 e. The Morgan fingerprint density at radius 2 is 2.08 bits per heavy atom. The fourth-order valence-electron chi connectivity index (χ4n) is 0.596. The molecule has 0 aromatic heterocycles. The Hall–Kier alpha value is -1.05. The van der Waals surface area contributed by atoms with Gasteiger partial charge in [0.05, 0.1) is 0 Å². The molecule has 0 saturated carbocycles. The highest BCUT2D eigenvalue weighted by Gasteiger charge is 2.13. The van der Waals surface area contributed by atoms with Crippen molar-refractivity contribution >= 4 is 5.97 Å². The third-order valence-corrected chi connectivity index (χ3v) is 0.963. The summed E-state index contributed by atoms with van der Waals surface area (Å²) in [6.45, 7) is 9.05. The summed E-state index contributed by atoms with van der Waals surface area (Å²) in [7, 11) is 0. The molecule has 0 aliphatic rings. The molecule has 2 heteroatoms. The van der Waals surface area contributed by atoms with Gasteiger partial charge in [0.15, 0.2) is 0 Å². The van der Waals surface area contributed by atoms with Gasteiger partial charge in [0.1, 0.15) is 5.60 Å². The Bertz CT molecular complexity index is 185. The highest BCUT2D eigenvalue weighted by atomic mass is 16.6. The lowest BCUT2D eigenvalue weighted by Crippen LogP contribution is -2.22. The molecule has 0 bridgehead atoms. The zero-order chi connectivity index (χ0) is 9.61. The Balaban J connectivity index is 3.82.